The number of benzene rings is 1. The summed E-state index contributed by atoms with van der Waals surface area (Å²) in [4.78, 5) is 2.29. The van der Waals surface area contributed by atoms with Crippen LogP contribution in [-0.4, -0.2) is 36.2 Å². The first-order chi connectivity index (χ1) is 8.28. The first-order valence-corrected chi connectivity index (χ1v) is 6.35. The maximum atomic E-state index is 13.0. The molecule has 1 fully saturated rings. The molecule has 17 heavy (non-hydrogen) atoms. The third-order valence-corrected chi connectivity index (χ3v) is 3.54. The van der Waals surface area contributed by atoms with Gasteiger partial charge in [-0.1, -0.05) is 12.1 Å². The van der Waals surface area contributed by atoms with Gasteiger partial charge < -0.3 is 10.0 Å². The molecule has 0 aliphatic carbocycles. The molecule has 0 spiro atoms. The molecule has 2 rings (SSSR count). The Bertz CT molecular complexity index is 348. The van der Waals surface area contributed by atoms with E-state index in [0.29, 0.717) is 5.92 Å². The summed E-state index contributed by atoms with van der Waals surface area (Å²) in [7, 11) is 0. The van der Waals surface area contributed by atoms with E-state index in [4.69, 9.17) is 5.11 Å². The van der Waals surface area contributed by atoms with Crippen LogP contribution in [0.1, 0.15) is 18.4 Å². The quantitative estimate of drug-likeness (QED) is 0.866. The molecule has 0 saturated carbocycles. The highest BCUT2D eigenvalue weighted by Gasteiger charge is 2.18. The summed E-state index contributed by atoms with van der Waals surface area (Å²) in [5.41, 5.74) is 1.10. The minimum atomic E-state index is -0.139. The van der Waals surface area contributed by atoms with Crippen LogP contribution in [-0.2, 0) is 6.42 Å². The minimum absolute atomic E-state index is 0.139. The average molecular weight is 237 g/mol. The van der Waals surface area contributed by atoms with Gasteiger partial charge in [0.2, 0.25) is 0 Å². The van der Waals surface area contributed by atoms with Crippen molar-refractivity contribution < 1.29 is 9.50 Å². The van der Waals surface area contributed by atoms with Crippen LogP contribution in [0, 0.1) is 11.7 Å². The van der Waals surface area contributed by atoms with E-state index in [2.05, 4.69) is 4.90 Å². The second kappa shape index (κ2) is 6.12. The van der Waals surface area contributed by atoms with Crippen molar-refractivity contribution >= 4 is 0 Å². The molecular weight excluding hydrogens is 217 g/mol. The molecule has 1 heterocycles. The average Bonchev–Trinajstić information content (AvgIpc) is 2.32. The van der Waals surface area contributed by atoms with E-state index < -0.39 is 0 Å². The number of hydrogen-bond donors (Lipinski definition) is 1. The Morgan fingerprint density at radius 3 is 2.71 bits per heavy atom. The van der Waals surface area contributed by atoms with Gasteiger partial charge in [-0.05, 0) is 56.0 Å². The van der Waals surface area contributed by atoms with Crippen molar-refractivity contribution in [1.82, 2.24) is 4.90 Å². The van der Waals surface area contributed by atoms with E-state index in [1.807, 2.05) is 6.07 Å². The molecule has 1 N–H and O–H groups in total. The van der Waals surface area contributed by atoms with E-state index in [1.165, 1.54) is 6.07 Å². The van der Waals surface area contributed by atoms with Crippen LogP contribution in [0.2, 0.25) is 0 Å². The first kappa shape index (κ1) is 12.5. The Kier molecular flexibility index (Phi) is 4.51. The SMILES string of the molecule is OCCN1CCC(Cc2cccc(F)c2)CC1. The molecular formula is C14H20FNO. The summed E-state index contributed by atoms with van der Waals surface area (Å²) in [6.07, 6.45) is 3.28. The van der Waals surface area contributed by atoms with Crippen molar-refractivity contribution in [2.24, 2.45) is 5.92 Å². The summed E-state index contributed by atoms with van der Waals surface area (Å²) >= 11 is 0. The second-order valence-electron chi connectivity index (χ2n) is 4.84. The predicted molar refractivity (Wildman–Crippen MR) is 66.4 cm³/mol. The van der Waals surface area contributed by atoms with Gasteiger partial charge in [0.25, 0.3) is 0 Å². The Morgan fingerprint density at radius 2 is 2.06 bits per heavy atom. The number of β-amino-alcohol motifs (C(OH)–C–C–N with tert-alkyl or cyclic N) is 1. The van der Waals surface area contributed by atoms with Gasteiger partial charge in [0, 0.05) is 6.54 Å². The minimum Gasteiger partial charge on any atom is -0.395 e. The third-order valence-electron chi connectivity index (χ3n) is 3.54. The number of aliphatic hydroxyl groups is 1. The van der Waals surface area contributed by atoms with Gasteiger partial charge in [0.1, 0.15) is 5.82 Å². The lowest BCUT2D eigenvalue weighted by molar-refractivity contribution is 0.147. The van der Waals surface area contributed by atoms with E-state index in [-0.39, 0.29) is 12.4 Å². The zero-order valence-corrected chi connectivity index (χ0v) is 10.1. The van der Waals surface area contributed by atoms with Crippen LogP contribution in [0.25, 0.3) is 0 Å². The lowest BCUT2D eigenvalue weighted by Crippen LogP contribution is -2.36. The molecule has 2 nitrogen and oxygen atoms in total. The van der Waals surface area contributed by atoms with E-state index in [0.717, 1.165) is 44.5 Å². The molecule has 1 aliphatic heterocycles. The van der Waals surface area contributed by atoms with Gasteiger partial charge in [0.15, 0.2) is 0 Å². The van der Waals surface area contributed by atoms with Gasteiger partial charge in [-0.3, -0.25) is 0 Å². The highest BCUT2D eigenvalue weighted by Crippen LogP contribution is 2.21. The molecule has 1 aliphatic rings. The van der Waals surface area contributed by atoms with Crippen LogP contribution in [0.5, 0.6) is 0 Å². The van der Waals surface area contributed by atoms with Crippen molar-refractivity contribution in [3.8, 4) is 0 Å². The maximum Gasteiger partial charge on any atom is 0.123 e. The van der Waals surface area contributed by atoms with E-state index in [1.54, 1.807) is 12.1 Å². The molecule has 0 amide bonds. The van der Waals surface area contributed by atoms with Crippen molar-refractivity contribution in [1.29, 1.82) is 0 Å². The fourth-order valence-corrected chi connectivity index (χ4v) is 2.55. The fourth-order valence-electron chi connectivity index (χ4n) is 2.55. The van der Waals surface area contributed by atoms with E-state index >= 15 is 0 Å². The van der Waals surface area contributed by atoms with Crippen molar-refractivity contribution in [3.63, 3.8) is 0 Å². The number of rotatable bonds is 4. The van der Waals surface area contributed by atoms with Gasteiger partial charge in [-0.25, -0.2) is 4.39 Å². The van der Waals surface area contributed by atoms with Crippen molar-refractivity contribution in [3.05, 3.63) is 35.6 Å². The highest BCUT2D eigenvalue weighted by molar-refractivity contribution is 5.16. The Hall–Kier alpha value is -0.930. The van der Waals surface area contributed by atoms with Crippen LogP contribution in [0.4, 0.5) is 4.39 Å². The fraction of sp³-hybridized carbons (Fsp3) is 0.571. The van der Waals surface area contributed by atoms with E-state index in [9.17, 15) is 4.39 Å². The molecule has 94 valence electrons. The van der Waals surface area contributed by atoms with Crippen molar-refractivity contribution in [2.45, 2.75) is 19.3 Å². The molecule has 1 saturated heterocycles. The van der Waals surface area contributed by atoms with Crippen molar-refractivity contribution in [2.75, 3.05) is 26.2 Å². The standard InChI is InChI=1S/C14H20FNO/c15-14-3-1-2-13(11-14)10-12-4-6-16(7-5-12)8-9-17/h1-3,11-12,17H,4-10H2. The molecule has 0 unspecified atom stereocenters. The van der Waals surface area contributed by atoms with Gasteiger partial charge >= 0.3 is 0 Å². The number of likely N-dealkylation sites (tertiary alicyclic amines) is 1. The van der Waals surface area contributed by atoms with Crippen LogP contribution < -0.4 is 0 Å². The van der Waals surface area contributed by atoms with Crippen LogP contribution in [0.3, 0.4) is 0 Å². The number of hydrogen-bond acceptors (Lipinski definition) is 2. The lowest BCUT2D eigenvalue weighted by atomic mass is 9.90. The zero-order chi connectivity index (χ0) is 12.1. The van der Waals surface area contributed by atoms with Crippen LogP contribution >= 0.6 is 0 Å². The molecule has 3 heteroatoms. The van der Waals surface area contributed by atoms with Gasteiger partial charge in [0.05, 0.1) is 6.61 Å². The maximum absolute atomic E-state index is 13.0. The summed E-state index contributed by atoms with van der Waals surface area (Å²) in [5, 5.41) is 8.87. The summed E-state index contributed by atoms with van der Waals surface area (Å²) in [5.74, 6) is 0.520. The Morgan fingerprint density at radius 1 is 1.29 bits per heavy atom. The topological polar surface area (TPSA) is 23.5 Å². The Balaban J connectivity index is 1.82. The van der Waals surface area contributed by atoms with Gasteiger partial charge in [-0.2, -0.15) is 0 Å². The lowest BCUT2D eigenvalue weighted by Gasteiger charge is -2.31. The third kappa shape index (κ3) is 3.79. The highest BCUT2D eigenvalue weighted by atomic mass is 19.1. The zero-order valence-electron chi connectivity index (χ0n) is 10.1. The predicted octanol–water partition coefficient (Wildman–Crippen LogP) is 2.07. The smallest absolute Gasteiger partial charge is 0.123 e. The molecule has 0 bridgehead atoms. The number of piperidine rings is 1. The normalized spacial score (nSPS) is 18.5. The van der Waals surface area contributed by atoms with Gasteiger partial charge in [-0.15, -0.1) is 0 Å². The summed E-state index contributed by atoms with van der Waals surface area (Å²) in [6, 6.07) is 6.92. The molecule has 0 radical (unpaired) electrons. The molecule has 1 aromatic rings. The Labute approximate surface area is 102 Å². The number of halogens is 1. The number of nitrogens with zero attached hydrogens (tertiary/aromatic N) is 1. The summed E-state index contributed by atoms with van der Waals surface area (Å²) in [6.45, 7) is 3.14. The monoisotopic (exact) mass is 237 g/mol. The molecule has 0 aromatic heterocycles. The first-order valence-electron chi connectivity index (χ1n) is 6.35. The number of aliphatic hydroxyl groups excluding tert-OH is 1. The van der Waals surface area contributed by atoms with Crippen LogP contribution in [0.15, 0.2) is 24.3 Å². The summed E-state index contributed by atoms with van der Waals surface area (Å²) < 4.78 is 13.0. The largest absolute Gasteiger partial charge is 0.395 e. The molecule has 1 aromatic carbocycles. The second-order valence-corrected chi connectivity index (χ2v) is 4.84. The molecule has 0 atom stereocenters.